The average Bonchev–Trinajstić information content (AvgIpc) is 2.45. The Labute approximate surface area is 113 Å². The number of hydrogen-bond donors (Lipinski definition) is 0. The molecule has 0 atom stereocenters. The molecule has 0 N–H and O–H groups in total. The van der Waals surface area contributed by atoms with Gasteiger partial charge >= 0.3 is 0 Å². The van der Waals surface area contributed by atoms with Crippen molar-refractivity contribution in [2.24, 2.45) is 4.99 Å². The molecule has 0 aromatic heterocycles. The average molecular weight is 255 g/mol. The highest BCUT2D eigenvalue weighted by molar-refractivity contribution is 5.83. The second kappa shape index (κ2) is 6.05. The molecule has 19 heavy (non-hydrogen) atoms. The monoisotopic (exact) mass is 255 g/mol. The van der Waals surface area contributed by atoms with Gasteiger partial charge < -0.3 is 9.47 Å². The van der Waals surface area contributed by atoms with Crippen LogP contribution in [-0.4, -0.2) is 20.4 Å². The van der Waals surface area contributed by atoms with E-state index in [1.54, 1.807) is 14.2 Å². The van der Waals surface area contributed by atoms with E-state index < -0.39 is 0 Å². The summed E-state index contributed by atoms with van der Waals surface area (Å²) in [5.41, 5.74) is 3.11. The fourth-order valence-corrected chi connectivity index (χ4v) is 1.79. The van der Waals surface area contributed by atoms with Crippen molar-refractivity contribution in [3.63, 3.8) is 0 Å². The van der Waals surface area contributed by atoms with Gasteiger partial charge in [-0.15, -0.1) is 0 Å². The Morgan fingerprint density at radius 1 is 0.947 bits per heavy atom. The lowest BCUT2D eigenvalue weighted by molar-refractivity contribution is 0.355. The van der Waals surface area contributed by atoms with E-state index in [2.05, 4.69) is 18.0 Å². The lowest BCUT2D eigenvalue weighted by Crippen LogP contribution is -1.91. The van der Waals surface area contributed by atoms with E-state index in [1.807, 2.05) is 42.6 Å². The van der Waals surface area contributed by atoms with Crippen LogP contribution in [0.2, 0.25) is 0 Å². The topological polar surface area (TPSA) is 30.8 Å². The molecule has 0 saturated heterocycles. The van der Waals surface area contributed by atoms with E-state index in [9.17, 15) is 0 Å². The second-order valence-corrected chi connectivity index (χ2v) is 4.21. The fraction of sp³-hybridized carbons (Fsp3) is 0.188. The molecule has 3 nitrogen and oxygen atoms in total. The van der Waals surface area contributed by atoms with E-state index >= 15 is 0 Å². The number of hydrogen-bond acceptors (Lipinski definition) is 3. The summed E-state index contributed by atoms with van der Waals surface area (Å²) in [5, 5.41) is 0. The summed E-state index contributed by atoms with van der Waals surface area (Å²) in [4.78, 5) is 4.45. The number of aliphatic imine (C=N–C) groups is 1. The predicted octanol–water partition coefficient (Wildman–Crippen LogP) is 3.76. The minimum absolute atomic E-state index is 0.704. The van der Waals surface area contributed by atoms with E-state index in [0.717, 1.165) is 17.0 Å². The highest BCUT2D eigenvalue weighted by Crippen LogP contribution is 2.27. The summed E-state index contributed by atoms with van der Waals surface area (Å²) >= 11 is 0. The molecule has 2 rings (SSSR count). The Hall–Kier alpha value is -2.29. The first-order chi connectivity index (χ1) is 9.22. The van der Waals surface area contributed by atoms with E-state index in [1.165, 1.54) is 5.56 Å². The summed E-state index contributed by atoms with van der Waals surface area (Å²) in [5.74, 6) is 1.42. The quantitative estimate of drug-likeness (QED) is 0.779. The number of benzene rings is 2. The normalized spacial score (nSPS) is 10.7. The van der Waals surface area contributed by atoms with Gasteiger partial charge in [-0.25, -0.2) is 0 Å². The van der Waals surface area contributed by atoms with Gasteiger partial charge in [-0.2, -0.15) is 0 Å². The number of ether oxygens (including phenoxy) is 2. The minimum Gasteiger partial charge on any atom is -0.493 e. The van der Waals surface area contributed by atoms with Crippen molar-refractivity contribution in [1.29, 1.82) is 0 Å². The summed E-state index contributed by atoms with van der Waals surface area (Å²) in [6.45, 7) is 2.05. The number of nitrogens with zero attached hydrogens (tertiary/aromatic N) is 1. The Morgan fingerprint density at radius 3 is 2.42 bits per heavy atom. The van der Waals surface area contributed by atoms with E-state index in [0.29, 0.717) is 5.75 Å². The number of rotatable bonds is 4. The third kappa shape index (κ3) is 3.35. The molecule has 0 saturated carbocycles. The highest BCUT2D eigenvalue weighted by Gasteiger charge is 2.02. The van der Waals surface area contributed by atoms with Crippen molar-refractivity contribution in [2.75, 3.05) is 14.2 Å². The van der Waals surface area contributed by atoms with Crippen LogP contribution < -0.4 is 9.47 Å². The first-order valence-electron chi connectivity index (χ1n) is 6.05. The zero-order valence-electron chi connectivity index (χ0n) is 11.4. The molecule has 0 aliphatic carbocycles. The minimum atomic E-state index is 0.704. The van der Waals surface area contributed by atoms with Crippen LogP contribution in [0.25, 0.3) is 0 Å². The summed E-state index contributed by atoms with van der Waals surface area (Å²) in [6, 6.07) is 13.8. The van der Waals surface area contributed by atoms with Crippen LogP contribution in [-0.2, 0) is 0 Å². The molecule has 2 aromatic rings. The van der Waals surface area contributed by atoms with Crippen LogP contribution in [0.4, 0.5) is 5.69 Å². The molecule has 2 aromatic carbocycles. The van der Waals surface area contributed by atoms with Gasteiger partial charge in [0, 0.05) is 6.21 Å². The van der Waals surface area contributed by atoms with Crippen LogP contribution in [0.15, 0.2) is 47.5 Å². The third-order valence-electron chi connectivity index (χ3n) is 2.77. The molecule has 0 heterocycles. The maximum atomic E-state index is 5.26. The first-order valence-corrected chi connectivity index (χ1v) is 6.05. The summed E-state index contributed by atoms with van der Waals surface area (Å²) < 4.78 is 10.5. The summed E-state index contributed by atoms with van der Waals surface area (Å²) in [6.07, 6.45) is 1.82. The molecule has 3 heteroatoms. The molecular weight excluding hydrogens is 238 g/mol. The van der Waals surface area contributed by atoms with Gasteiger partial charge in [0.2, 0.25) is 0 Å². The van der Waals surface area contributed by atoms with Crippen LogP contribution in [0.5, 0.6) is 11.5 Å². The van der Waals surface area contributed by atoms with Gasteiger partial charge in [-0.3, -0.25) is 4.99 Å². The second-order valence-electron chi connectivity index (χ2n) is 4.21. The first kappa shape index (κ1) is 13.1. The maximum absolute atomic E-state index is 5.26. The molecule has 0 amide bonds. The molecular formula is C16H17NO2. The molecule has 0 spiro atoms. The van der Waals surface area contributed by atoms with Gasteiger partial charge in [0.25, 0.3) is 0 Å². The Balaban J connectivity index is 2.23. The standard InChI is InChI=1S/C16H17NO2/c1-12-5-4-6-14(9-12)17-11-13-7-8-15(18-2)16(10-13)19-3/h4-11H,1-3H3. The zero-order valence-corrected chi connectivity index (χ0v) is 11.4. The Kier molecular flexibility index (Phi) is 4.18. The maximum Gasteiger partial charge on any atom is 0.161 e. The zero-order chi connectivity index (χ0) is 13.7. The van der Waals surface area contributed by atoms with Gasteiger partial charge in [-0.1, -0.05) is 12.1 Å². The van der Waals surface area contributed by atoms with Crippen molar-refractivity contribution >= 4 is 11.9 Å². The summed E-state index contributed by atoms with van der Waals surface area (Å²) in [7, 11) is 3.25. The lowest BCUT2D eigenvalue weighted by atomic mass is 10.2. The van der Waals surface area contributed by atoms with Crippen LogP contribution >= 0.6 is 0 Å². The molecule has 0 aliphatic rings. The molecule has 98 valence electrons. The molecule has 0 radical (unpaired) electrons. The van der Waals surface area contributed by atoms with Gasteiger partial charge in [0.15, 0.2) is 11.5 Å². The van der Waals surface area contributed by atoms with Crippen LogP contribution in [0, 0.1) is 6.92 Å². The SMILES string of the molecule is COc1ccc(C=Nc2cccc(C)c2)cc1OC. The van der Waals surface area contributed by atoms with Gasteiger partial charge in [0.1, 0.15) is 0 Å². The fourth-order valence-electron chi connectivity index (χ4n) is 1.79. The van der Waals surface area contributed by atoms with Crippen molar-refractivity contribution in [3.05, 3.63) is 53.6 Å². The van der Waals surface area contributed by atoms with Crippen molar-refractivity contribution in [2.45, 2.75) is 6.92 Å². The number of aryl methyl sites for hydroxylation is 1. The van der Waals surface area contributed by atoms with Gasteiger partial charge in [0.05, 0.1) is 19.9 Å². The largest absolute Gasteiger partial charge is 0.493 e. The predicted molar refractivity (Wildman–Crippen MR) is 78.0 cm³/mol. The van der Waals surface area contributed by atoms with E-state index in [-0.39, 0.29) is 0 Å². The van der Waals surface area contributed by atoms with Gasteiger partial charge in [-0.05, 0) is 48.4 Å². The smallest absolute Gasteiger partial charge is 0.161 e. The van der Waals surface area contributed by atoms with Crippen LogP contribution in [0.3, 0.4) is 0 Å². The number of methoxy groups -OCH3 is 2. The van der Waals surface area contributed by atoms with Crippen molar-refractivity contribution < 1.29 is 9.47 Å². The molecule has 0 unspecified atom stereocenters. The molecule has 0 bridgehead atoms. The highest BCUT2D eigenvalue weighted by atomic mass is 16.5. The molecule has 0 aliphatic heterocycles. The van der Waals surface area contributed by atoms with Crippen molar-refractivity contribution in [1.82, 2.24) is 0 Å². The van der Waals surface area contributed by atoms with Crippen molar-refractivity contribution in [3.8, 4) is 11.5 Å². The Morgan fingerprint density at radius 2 is 1.74 bits per heavy atom. The third-order valence-corrected chi connectivity index (χ3v) is 2.77. The Bertz CT molecular complexity index is 591. The van der Waals surface area contributed by atoms with E-state index in [4.69, 9.17) is 9.47 Å². The molecule has 0 fully saturated rings. The lowest BCUT2D eigenvalue weighted by Gasteiger charge is -2.07. The van der Waals surface area contributed by atoms with Crippen LogP contribution in [0.1, 0.15) is 11.1 Å².